The number of benzene rings is 1. The number of aliphatic hydroxyl groups excluding tert-OH is 1. The fraction of sp³-hybridized carbons (Fsp3) is 0.462. The fourth-order valence-corrected chi connectivity index (χ4v) is 2.30. The summed E-state index contributed by atoms with van der Waals surface area (Å²) in [6.07, 6.45) is 0.740. The Labute approximate surface area is 125 Å². The summed E-state index contributed by atoms with van der Waals surface area (Å²) in [5.41, 5.74) is 0.312. The van der Waals surface area contributed by atoms with Crippen molar-refractivity contribution in [3.05, 3.63) is 23.2 Å². The zero-order chi connectivity index (χ0) is 15.4. The zero-order valence-corrected chi connectivity index (χ0v) is 11.8. The van der Waals surface area contributed by atoms with E-state index in [-0.39, 0.29) is 29.3 Å². The smallest absolute Gasteiger partial charge is 0.387 e. The van der Waals surface area contributed by atoms with Crippen LogP contribution in [0.1, 0.15) is 6.42 Å². The number of rotatable bonds is 4. The molecule has 1 aromatic carbocycles. The van der Waals surface area contributed by atoms with Gasteiger partial charge in [-0.15, -0.1) is 0 Å². The molecule has 1 aliphatic heterocycles. The topological polar surface area (TPSA) is 61.8 Å². The van der Waals surface area contributed by atoms with Crippen LogP contribution in [0.3, 0.4) is 0 Å². The minimum absolute atomic E-state index is 0.0369. The summed E-state index contributed by atoms with van der Waals surface area (Å²) in [5, 5.41) is 11.7. The molecule has 2 N–H and O–H groups in total. The van der Waals surface area contributed by atoms with Gasteiger partial charge in [-0.2, -0.15) is 8.78 Å². The quantitative estimate of drug-likeness (QED) is 0.896. The SMILES string of the molecule is O=C(Nc1ccc(Cl)c(OC(F)F)c1)N1CC[C@H](CO)C1. The van der Waals surface area contributed by atoms with Crippen LogP contribution in [0.2, 0.25) is 5.02 Å². The van der Waals surface area contributed by atoms with Crippen LogP contribution in [0.5, 0.6) is 5.75 Å². The number of urea groups is 1. The first kappa shape index (κ1) is 15.8. The number of alkyl halides is 2. The lowest BCUT2D eigenvalue weighted by Crippen LogP contribution is -2.33. The predicted molar refractivity (Wildman–Crippen MR) is 73.9 cm³/mol. The van der Waals surface area contributed by atoms with Crippen molar-refractivity contribution in [2.75, 3.05) is 25.0 Å². The van der Waals surface area contributed by atoms with Crippen molar-refractivity contribution in [3.63, 3.8) is 0 Å². The van der Waals surface area contributed by atoms with Crippen molar-refractivity contribution < 1.29 is 23.4 Å². The summed E-state index contributed by atoms with van der Waals surface area (Å²) in [5.74, 6) is -0.113. The second-order valence-electron chi connectivity index (χ2n) is 4.74. The summed E-state index contributed by atoms with van der Waals surface area (Å²) in [7, 11) is 0. The summed E-state index contributed by atoms with van der Waals surface area (Å²) in [6, 6.07) is 3.76. The normalized spacial score (nSPS) is 18.1. The van der Waals surface area contributed by atoms with Gasteiger partial charge in [0, 0.05) is 37.4 Å². The number of amides is 2. The number of aliphatic hydroxyl groups is 1. The van der Waals surface area contributed by atoms with Gasteiger partial charge in [0.25, 0.3) is 0 Å². The first-order valence-corrected chi connectivity index (χ1v) is 6.78. The lowest BCUT2D eigenvalue weighted by molar-refractivity contribution is -0.0497. The van der Waals surface area contributed by atoms with Crippen LogP contribution in [0.25, 0.3) is 0 Å². The van der Waals surface area contributed by atoms with Crippen molar-refractivity contribution in [1.29, 1.82) is 0 Å². The molecule has 0 unspecified atom stereocenters. The van der Waals surface area contributed by atoms with Gasteiger partial charge in [-0.05, 0) is 18.6 Å². The molecular weight excluding hydrogens is 306 g/mol. The monoisotopic (exact) mass is 320 g/mol. The van der Waals surface area contributed by atoms with E-state index in [1.54, 1.807) is 4.90 Å². The molecule has 1 aliphatic rings. The predicted octanol–water partition coefficient (Wildman–Crippen LogP) is 2.79. The van der Waals surface area contributed by atoms with E-state index in [1.807, 2.05) is 0 Å². The number of carbonyl (C=O) groups excluding carboxylic acids is 1. The molecule has 1 atom stereocenters. The van der Waals surface area contributed by atoms with Gasteiger partial charge in [0.05, 0.1) is 5.02 Å². The Morgan fingerprint density at radius 1 is 1.57 bits per heavy atom. The van der Waals surface area contributed by atoms with Crippen LogP contribution in [0, 0.1) is 5.92 Å². The Morgan fingerprint density at radius 3 is 2.95 bits per heavy atom. The number of hydrogen-bond donors (Lipinski definition) is 2. The number of anilines is 1. The maximum atomic E-state index is 12.2. The lowest BCUT2D eigenvalue weighted by atomic mass is 10.1. The molecule has 0 saturated carbocycles. The van der Waals surface area contributed by atoms with E-state index in [0.717, 1.165) is 6.42 Å². The second kappa shape index (κ2) is 6.91. The lowest BCUT2D eigenvalue weighted by Gasteiger charge is -2.17. The Balaban J connectivity index is 2.01. The van der Waals surface area contributed by atoms with Crippen molar-refractivity contribution >= 4 is 23.3 Å². The third kappa shape index (κ3) is 4.18. The van der Waals surface area contributed by atoms with Gasteiger partial charge >= 0.3 is 12.6 Å². The zero-order valence-electron chi connectivity index (χ0n) is 11.1. The van der Waals surface area contributed by atoms with Crippen LogP contribution in [-0.2, 0) is 0 Å². The van der Waals surface area contributed by atoms with E-state index in [4.69, 9.17) is 16.7 Å². The van der Waals surface area contributed by atoms with Crippen molar-refractivity contribution in [1.82, 2.24) is 4.90 Å². The first-order valence-electron chi connectivity index (χ1n) is 6.40. The molecule has 1 heterocycles. The van der Waals surface area contributed by atoms with Crippen LogP contribution >= 0.6 is 11.6 Å². The van der Waals surface area contributed by atoms with Gasteiger partial charge in [0.2, 0.25) is 0 Å². The molecule has 0 radical (unpaired) electrons. The van der Waals surface area contributed by atoms with E-state index in [2.05, 4.69) is 10.1 Å². The van der Waals surface area contributed by atoms with E-state index >= 15 is 0 Å². The number of halogens is 3. The highest BCUT2D eigenvalue weighted by molar-refractivity contribution is 6.32. The third-order valence-corrected chi connectivity index (χ3v) is 3.54. The fourth-order valence-electron chi connectivity index (χ4n) is 2.14. The number of hydrogen-bond acceptors (Lipinski definition) is 3. The number of nitrogens with one attached hydrogen (secondary N) is 1. The summed E-state index contributed by atoms with van der Waals surface area (Å²) in [4.78, 5) is 13.6. The molecule has 1 saturated heterocycles. The molecule has 2 rings (SSSR count). The molecule has 8 heteroatoms. The number of carbonyl (C=O) groups is 1. The van der Waals surface area contributed by atoms with E-state index in [0.29, 0.717) is 18.8 Å². The van der Waals surface area contributed by atoms with Gasteiger partial charge in [0.15, 0.2) is 0 Å². The van der Waals surface area contributed by atoms with Crippen molar-refractivity contribution in [2.24, 2.45) is 5.92 Å². The van der Waals surface area contributed by atoms with Crippen LogP contribution in [-0.4, -0.2) is 42.3 Å². The molecular formula is C13H15ClF2N2O3. The molecule has 0 aromatic heterocycles. The Hall–Kier alpha value is -1.60. The van der Waals surface area contributed by atoms with Crippen LogP contribution in [0.4, 0.5) is 19.3 Å². The van der Waals surface area contributed by atoms with Crippen LogP contribution < -0.4 is 10.1 Å². The summed E-state index contributed by atoms with van der Waals surface area (Å²) >= 11 is 5.73. The van der Waals surface area contributed by atoms with E-state index in [1.165, 1.54) is 18.2 Å². The molecule has 21 heavy (non-hydrogen) atoms. The highest BCUT2D eigenvalue weighted by Crippen LogP contribution is 2.29. The highest BCUT2D eigenvalue weighted by atomic mass is 35.5. The molecule has 5 nitrogen and oxygen atoms in total. The highest BCUT2D eigenvalue weighted by Gasteiger charge is 2.25. The van der Waals surface area contributed by atoms with Gasteiger partial charge in [-0.3, -0.25) is 0 Å². The van der Waals surface area contributed by atoms with Gasteiger partial charge < -0.3 is 20.1 Å². The molecule has 0 bridgehead atoms. The molecule has 0 aliphatic carbocycles. The van der Waals surface area contributed by atoms with Crippen molar-refractivity contribution in [3.8, 4) is 5.75 Å². The maximum absolute atomic E-state index is 12.2. The minimum Gasteiger partial charge on any atom is -0.433 e. The second-order valence-corrected chi connectivity index (χ2v) is 5.14. The molecule has 1 fully saturated rings. The maximum Gasteiger partial charge on any atom is 0.387 e. The average molecular weight is 321 g/mol. The van der Waals surface area contributed by atoms with E-state index in [9.17, 15) is 13.6 Å². The Kier molecular flexibility index (Phi) is 5.19. The summed E-state index contributed by atoms with van der Waals surface area (Å²) in [6.45, 7) is -1.93. The minimum atomic E-state index is -2.99. The van der Waals surface area contributed by atoms with Crippen LogP contribution in [0.15, 0.2) is 18.2 Å². The molecule has 0 spiro atoms. The Morgan fingerprint density at radius 2 is 2.33 bits per heavy atom. The average Bonchev–Trinajstić information content (AvgIpc) is 2.91. The Bertz CT molecular complexity index is 516. The molecule has 116 valence electrons. The van der Waals surface area contributed by atoms with Gasteiger partial charge in [0.1, 0.15) is 5.75 Å². The summed E-state index contributed by atoms with van der Waals surface area (Å²) < 4.78 is 28.7. The third-order valence-electron chi connectivity index (χ3n) is 3.23. The first-order chi connectivity index (χ1) is 9.99. The molecule has 2 amide bonds. The van der Waals surface area contributed by atoms with Gasteiger partial charge in [-0.25, -0.2) is 4.79 Å². The molecule has 1 aromatic rings. The number of ether oxygens (including phenoxy) is 1. The number of likely N-dealkylation sites (tertiary alicyclic amines) is 1. The largest absolute Gasteiger partial charge is 0.433 e. The standard InChI is InChI=1S/C13H15ClF2N2O3/c14-10-2-1-9(5-11(10)21-12(15)16)17-13(20)18-4-3-8(6-18)7-19/h1-2,5,8,12,19H,3-4,6-7H2,(H,17,20)/t8-/m0/s1. The van der Waals surface area contributed by atoms with E-state index < -0.39 is 6.61 Å². The number of nitrogens with zero attached hydrogens (tertiary/aromatic N) is 1. The van der Waals surface area contributed by atoms with Gasteiger partial charge in [-0.1, -0.05) is 11.6 Å². The van der Waals surface area contributed by atoms with Crippen molar-refractivity contribution in [2.45, 2.75) is 13.0 Å².